The molecule has 0 aromatic heterocycles. The number of hydrogen-bond acceptors (Lipinski definition) is 4. The third-order valence-corrected chi connectivity index (χ3v) is 4.44. The summed E-state index contributed by atoms with van der Waals surface area (Å²) in [5.74, 6) is 0.519. The highest BCUT2D eigenvalue weighted by atomic mass is 16.5. The maximum absolute atomic E-state index is 9.84. The smallest absolute Gasteiger partial charge is 0.0700 e. The Morgan fingerprint density at radius 1 is 1.19 bits per heavy atom. The van der Waals surface area contributed by atoms with Gasteiger partial charge in [0.15, 0.2) is 0 Å². The van der Waals surface area contributed by atoms with Gasteiger partial charge < -0.3 is 19.9 Å². The predicted molar refractivity (Wildman–Crippen MR) is 86.6 cm³/mol. The van der Waals surface area contributed by atoms with Crippen molar-refractivity contribution in [2.75, 3.05) is 33.0 Å². The van der Waals surface area contributed by atoms with Crippen LogP contribution in [0.2, 0.25) is 0 Å². The second-order valence-corrected chi connectivity index (χ2v) is 6.57. The van der Waals surface area contributed by atoms with E-state index in [1.165, 1.54) is 19.3 Å². The van der Waals surface area contributed by atoms with Crippen molar-refractivity contribution >= 4 is 0 Å². The molecule has 4 heteroatoms. The molecule has 1 rings (SSSR count). The molecule has 4 nitrogen and oxygen atoms in total. The summed E-state index contributed by atoms with van der Waals surface area (Å²) in [6, 6.07) is 0.408. The third kappa shape index (κ3) is 6.64. The summed E-state index contributed by atoms with van der Waals surface area (Å²) in [6.07, 6.45) is 6.79. The van der Waals surface area contributed by atoms with Gasteiger partial charge in [0.25, 0.3) is 0 Å². The van der Waals surface area contributed by atoms with Crippen molar-refractivity contribution in [3.05, 3.63) is 0 Å². The minimum atomic E-state index is -0.0881. The number of nitrogens with one attached hydrogen (secondary N) is 1. The first-order chi connectivity index (χ1) is 10.1. The zero-order valence-corrected chi connectivity index (χ0v) is 14.2. The van der Waals surface area contributed by atoms with Crippen molar-refractivity contribution in [2.24, 2.45) is 5.92 Å². The normalized spacial score (nSPS) is 25.9. The third-order valence-electron chi connectivity index (χ3n) is 4.44. The summed E-state index contributed by atoms with van der Waals surface area (Å²) in [4.78, 5) is 0. The molecule has 2 atom stereocenters. The summed E-state index contributed by atoms with van der Waals surface area (Å²) in [5.41, 5.74) is -0.0881. The molecule has 0 bridgehead atoms. The van der Waals surface area contributed by atoms with E-state index in [4.69, 9.17) is 9.47 Å². The Morgan fingerprint density at radius 2 is 1.90 bits per heavy atom. The molecular weight excluding hydrogens is 266 g/mol. The van der Waals surface area contributed by atoms with E-state index >= 15 is 0 Å². The Labute approximate surface area is 130 Å². The zero-order valence-electron chi connectivity index (χ0n) is 14.2. The summed E-state index contributed by atoms with van der Waals surface area (Å²) in [5, 5.41) is 13.4. The van der Waals surface area contributed by atoms with E-state index < -0.39 is 0 Å². The number of aliphatic hydroxyl groups excluding tert-OH is 1. The lowest BCUT2D eigenvalue weighted by Crippen LogP contribution is -2.54. The lowest BCUT2D eigenvalue weighted by atomic mass is 9.85. The van der Waals surface area contributed by atoms with Crippen molar-refractivity contribution in [1.82, 2.24) is 5.32 Å². The predicted octanol–water partition coefficient (Wildman–Crippen LogP) is 2.74. The lowest BCUT2D eigenvalue weighted by Gasteiger charge is -2.37. The molecule has 1 fully saturated rings. The largest absolute Gasteiger partial charge is 0.394 e. The fourth-order valence-corrected chi connectivity index (χ4v) is 3.38. The van der Waals surface area contributed by atoms with Crippen LogP contribution in [0.4, 0.5) is 0 Å². The van der Waals surface area contributed by atoms with Crippen LogP contribution in [0, 0.1) is 5.92 Å². The molecule has 2 N–H and O–H groups in total. The average molecular weight is 301 g/mol. The quantitative estimate of drug-likeness (QED) is 0.544. The van der Waals surface area contributed by atoms with Gasteiger partial charge in [-0.25, -0.2) is 0 Å². The van der Waals surface area contributed by atoms with E-state index in [1.54, 1.807) is 0 Å². The van der Waals surface area contributed by atoms with Gasteiger partial charge in [-0.1, -0.05) is 33.6 Å². The van der Waals surface area contributed by atoms with Crippen LogP contribution in [0.25, 0.3) is 0 Å². The minimum Gasteiger partial charge on any atom is -0.394 e. The molecule has 1 aliphatic carbocycles. The van der Waals surface area contributed by atoms with E-state index in [0.29, 0.717) is 25.2 Å². The number of unbranched alkanes of at least 4 members (excludes halogenated alkanes) is 1. The van der Waals surface area contributed by atoms with Crippen molar-refractivity contribution in [3.63, 3.8) is 0 Å². The van der Waals surface area contributed by atoms with E-state index in [0.717, 1.165) is 32.5 Å². The molecule has 0 heterocycles. The Bertz CT molecular complexity index is 260. The maximum Gasteiger partial charge on any atom is 0.0700 e. The second kappa shape index (κ2) is 10.5. The molecule has 0 aliphatic heterocycles. The van der Waals surface area contributed by atoms with Crippen LogP contribution < -0.4 is 5.32 Å². The molecule has 1 aliphatic rings. The highest BCUT2D eigenvalue weighted by Gasteiger charge is 2.42. The number of ether oxygens (including phenoxy) is 2. The molecule has 0 spiro atoms. The van der Waals surface area contributed by atoms with Gasteiger partial charge in [-0.15, -0.1) is 0 Å². The van der Waals surface area contributed by atoms with Crippen LogP contribution >= 0.6 is 0 Å². The van der Waals surface area contributed by atoms with Gasteiger partial charge in [0, 0.05) is 24.8 Å². The van der Waals surface area contributed by atoms with Gasteiger partial charge in [0.05, 0.1) is 19.8 Å². The van der Waals surface area contributed by atoms with Crippen LogP contribution in [-0.4, -0.2) is 49.7 Å². The van der Waals surface area contributed by atoms with Gasteiger partial charge in [-0.3, -0.25) is 0 Å². The van der Waals surface area contributed by atoms with Crippen LogP contribution in [0.5, 0.6) is 0 Å². The molecule has 0 aromatic rings. The summed E-state index contributed by atoms with van der Waals surface area (Å²) in [6.45, 7) is 9.68. The Balaban J connectivity index is 2.18. The molecule has 0 radical (unpaired) electrons. The first kappa shape index (κ1) is 18.9. The summed E-state index contributed by atoms with van der Waals surface area (Å²) >= 11 is 0. The van der Waals surface area contributed by atoms with Gasteiger partial charge in [-0.05, 0) is 31.6 Å². The van der Waals surface area contributed by atoms with E-state index in [2.05, 4.69) is 26.1 Å². The Hall–Kier alpha value is -0.160. The van der Waals surface area contributed by atoms with Crippen LogP contribution in [0.1, 0.15) is 59.3 Å². The monoisotopic (exact) mass is 301 g/mol. The molecule has 1 saturated carbocycles. The fraction of sp³-hybridized carbons (Fsp3) is 1.00. The second-order valence-electron chi connectivity index (χ2n) is 6.57. The van der Waals surface area contributed by atoms with Gasteiger partial charge >= 0.3 is 0 Å². The lowest BCUT2D eigenvalue weighted by molar-refractivity contribution is 0.0324. The maximum atomic E-state index is 9.84. The Kier molecular flexibility index (Phi) is 9.49. The molecule has 0 amide bonds. The fourth-order valence-electron chi connectivity index (χ4n) is 3.38. The summed E-state index contributed by atoms with van der Waals surface area (Å²) in [7, 11) is 0. The van der Waals surface area contributed by atoms with Gasteiger partial charge in [-0.2, -0.15) is 0 Å². The average Bonchev–Trinajstić information content (AvgIpc) is 2.84. The SMILES string of the molecule is CCCCOCCOCCC1CCCC1(CO)NC(C)C. The molecule has 0 aromatic carbocycles. The van der Waals surface area contributed by atoms with Crippen LogP contribution in [0.3, 0.4) is 0 Å². The standard InChI is InChI=1S/C17H35NO3/c1-4-5-10-20-12-13-21-11-8-16-7-6-9-17(16,14-19)18-15(2)3/h15-16,18-19H,4-14H2,1-3H3. The van der Waals surface area contributed by atoms with Crippen molar-refractivity contribution < 1.29 is 14.6 Å². The van der Waals surface area contributed by atoms with Crippen molar-refractivity contribution in [3.8, 4) is 0 Å². The van der Waals surface area contributed by atoms with Crippen molar-refractivity contribution in [1.29, 1.82) is 0 Å². The Morgan fingerprint density at radius 3 is 2.52 bits per heavy atom. The van der Waals surface area contributed by atoms with Crippen molar-refractivity contribution in [2.45, 2.75) is 70.9 Å². The van der Waals surface area contributed by atoms with Crippen LogP contribution in [-0.2, 0) is 9.47 Å². The summed E-state index contributed by atoms with van der Waals surface area (Å²) < 4.78 is 11.2. The highest BCUT2D eigenvalue weighted by Crippen LogP contribution is 2.38. The number of rotatable bonds is 12. The van der Waals surface area contributed by atoms with E-state index in [1.807, 2.05) is 0 Å². The molecule has 0 saturated heterocycles. The molecule has 126 valence electrons. The topological polar surface area (TPSA) is 50.7 Å². The minimum absolute atomic E-state index is 0.0881. The number of hydrogen-bond donors (Lipinski definition) is 2. The van der Waals surface area contributed by atoms with E-state index in [9.17, 15) is 5.11 Å². The highest BCUT2D eigenvalue weighted by molar-refractivity contribution is 4.99. The first-order valence-electron chi connectivity index (χ1n) is 8.68. The first-order valence-corrected chi connectivity index (χ1v) is 8.68. The molecule has 21 heavy (non-hydrogen) atoms. The molecular formula is C17H35NO3. The molecule has 2 unspecified atom stereocenters. The van der Waals surface area contributed by atoms with Crippen LogP contribution in [0.15, 0.2) is 0 Å². The van der Waals surface area contributed by atoms with Gasteiger partial charge in [0.2, 0.25) is 0 Å². The van der Waals surface area contributed by atoms with E-state index in [-0.39, 0.29) is 12.1 Å². The number of aliphatic hydroxyl groups is 1. The zero-order chi connectivity index (χ0) is 15.6. The van der Waals surface area contributed by atoms with Gasteiger partial charge in [0.1, 0.15) is 0 Å².